The second kappa shape index (κ2) is 6.07. The van der Waals surface area contributed by atoms with Crippen molar-refractivity contribution in [3.63, 3.8) is 0 Å². The Kier molecular flexibility index (Phi) is 4.42. The second-order valence-electron chi connectivity index (χ2n) is 5.76. The van der Waals surface area contributed by atoms with Gasteiger partial charge in [0.05, 0.1) is 0 Å². The molecular formula is C16H22N2O2. The van der Waals surface area contributed by atoms with Gasteiger partial charge in [-0.25, -0.2) is 0 Å². The van der Waals surface area contributed by atoms with Crippen molar-refractivity contribution in [1.82, 2.24) is 10.6 Å². The van der Waals surface area contributed by atoms with Crippen LogP contribution in [0.25, 0.3) is 0 Å². The lowest BCUT2D eigenvalue weighted by molar-refractivity contribution is -0.132. The number of rotatable bonds is 3. The van der Waals surface area contributed by atoms with Crippen LogP contribution in [0.3, 0.4) is 0 Å². The summed E-state index contributed by atoms with van der Waals surface area (Å²) < 4.78 is 0. The Labute approximate surface area is 119 Å². The minimum Gasteiger partial charge on any atom is -0.350 e. The van der Waals surface area contributed by atoms with Crippen LogP contribution in [0.2, 0.25) is 0 Å². The first-order valence-corrected chi connectivity index (χ1v) is 7.14. The molecule has 4 nitrogen and oxygen atoms in total. The molecule has 1 aromatic rings. The fourth-order valence-electron chi connectivity index (χ4n) is 2.45. The summed E-state index contributed by atoms with van der Waals surface area (Å²) in [6.07, 6.45) is 2.96. The largest absolute Gasteiger partial charge is 0.350 e. The second-order valence-corrected chi connectivity index (χ2v) is 5.76. The van der Waals surface area contributed by atoms with Crippen LogP contribution in [0, 0.1) is 6.92 Å². The van der Waals surface area contributed by atoms with Crippen molar-refractivity contribution in [2.45, 2.75) is 51.6 Å². The molecule has 108 valence electrons. The first-order chi connectivity index (χ1) is 9.49. The van der Waals surface area contributed by atoms with E-state index in [1.807, 2.05) is 31.2 Å². The molecule has 1 saturated heterocycles. The molecule has 2 rings (SSSR count). The minimum atomic E-state index is -0.779. The monoisotopic (exact) mass is 274 g/mol. The summed E-state index contributed by atoms with van der Waals surface area (Å²) in [5.74, 6) is -0.135. The number of amides is 2. The third kappa shape index (κ3) is 3.59. The average molecular weight is 274 g/mol. The summed E-state index contributed by atoms with van der Waals surface area (Å²) in [6, 6.07) is 8.06. The highest BCUT2D eigenvalue weighted by Crippen LogP contribution is 2.19. The van der Waals surface area contributed by atoms with Gasteiger partial charge >= 0.3 is 0 Å². The SMILES string of the molecule is Cc1ccc(CNC(=O)C2(C)CCCCC(=O)N2)cc1. The maximum absolute atomic E-state index is 12.3. The molecular weight excluding hydrogens is 252 g/mol. The molecule has 0 aliphatic carbocycles. The van der Waals surface area contributed by atoms with E-state index in [1.165, 1.54) is 5.56 Å². The predicted molar refractivity (Wildman–Crippen MR) is 78.0 cm³/mol. The van der Waals surface area contributed by atoms with Crippen LogP contribution in [-0.2, 0) is 16.1 Å². The lowest BCUT2D eigenvalue weighted by Gasteiger charge is -2.27. The van der Waals surface area contributed by atoms with Gasteiger partial charge < -0.3 is 10.6 Å². The Morgan fingerprint density at radius 3 is 2.70 bits per heavy atom. The Hall–Kier alpha value is -1.84. The lowest BCUT2D eigenvalue weighted by Crippen LogP contribution is -2.55. The van der Waals surface area contributed by atoms with E-state index in [1.54, 1.807) is 6.92 Å². The van der Waals surface area contributed by atoms with E-state index in [0.717, 1.165) is 18.4 Å². The van der Waals surface area contributed by atoms with Crippen LogP contribution in [0.4, 0.5) is 0 Å². The molecule has 4 heteroatoms. The lowest BCUT2D eigenvalue weighted by atomic mass is 9.95. The summed E-state index contributed by atoms with van der Waals surface area (Å²) >= 11 is 0. The Bertz CT molecular complexity index is 496. The third-order valence-corrected chi connectivity index (χ3v) is 3.82. The molecule has 0 aromatic heterocycles. The first kappa shape index (κ1) is 14.6. The van der Waals surface area contributed by atoms with E-state index in [0.29, 0.717) is 19.4 Å². The van der Waals surface area contributed by atoms with Crippen molar-refractivity contribution in [2.75, 3.05) is 0 Å². The molecule has 0 radical (unpaired) electrons. The Morgan fingerprint density at radius 2 is 2.00 bits per heavy atom. The van der Waals surface area contributed by atoms with Crippen molar-refractivity contribution in [3.05, 3.63) is 35.4 Å². The minimum absolute atomic E-state index is 0.0320. The highest BCUT2D eigenvalue weighted by Gasteiger charge is 2.35. The molecule has 1 heterocycles. The Morgan fingerprint density at radius 1 is 1.30 bits per heavy atom. The van der Waals surface area contributed by atoms with E-state index in [9.17, 15) is 9.59 Å². The van der Waals surface area contributed by atoms with Gasteiger partial charge in [0.15, 0.2) is 0 Å². The highest BCUT2D eigenvalue weighted by molar-refractivity contribution is 5.91. The zero-order chi connectivity index (χ0) is 14.6. The average Bonchev–Trinajstić information content (AvgIpc) is 2.59. The zero-order valence-electron chi connectivity index (χ0n) is 12.2. The molecule has 2 N–H and O–H groups in total. The van der Waals surface area contributed by atoms with E-state index < -0.39 is 5.54 Å². The van der Waals surface area contributed by atoms with Crippen LogP contribution in [0.15, 0.2) is 24.3 Å². The molecule has 1 fully saturated rings. The van der Waals surface area contributed by atoms with Gasteiger partial charge in [0.2, 0.25) is 11.8 Å². The van der Waals surface area contributed by atoms with E-state index in [4.69, 9.17) is 0 Å². The van der Waals surface area contributed by atoms with Crippen molar-refractivity contribution < 1.29 is 9.59 Å². The maximum Gasteiger partial charge on any atom is 0.245 e. The summed E-state index contributed by atoms with van der Waals surface area (Å²) in [5, 5.41) is 5.77. The van der Waals surface area contributed by atoms with Crippen LogP contribution in [-0.4, -0.2) is 17.4 Å². The van der Waals surface area contributed by atoms with E-state index in [2.05, 4.69) is 10.6 Å². The quantitative estimate of drug-likeness (QED) is 0.886. The Balaban J connectivity index is 1.96. The fraction of sp³-hybridized carbons (Fsp3) is 0.500. The summed E-state index contributed by atoms with van der Waals surface area (Å²) in [7, 11) is 0. The summed E-state index contributed by atoms with van der Waals surface area (Å²) in [6.45, 7) is 4.33. The smallest absolute Gasteiger partial charge is 0.245 e. The number of carbonyl (C=O) groups is 2. The number of hydrogen-bond donors (Lipinski definition) is 2. The topological polar surface area (TPSA) is 58.2 Å². The summed E-state index contributed by atoms with van der Waals surface area (Å²) in [4.78, 5) is 24.0. The third-order valence-electron chi connectivity index (χ3n) is 3.82. The first-order valence-electron chi connectivity index (χ1n) is 7.14. The molecule has 0 spiro atoms. The molecule has 0 bridgehead atoms. The number of benzene rings is 1. The van der Waals surface area contributed by atoms with Gasteiger partial charge in [-0.2, -0.15) is 0 Å². The van der Waals surface area contributed by atoms with Crippen LogP contribution < -0.4 is 10.6 Å². The van der Waals surface area contributed by atoms with Gasteiger partial charge in [-0.15, -0.1) is 0 Å². The molecule has 1 aromatic carbocycles. The number of hydrogen-bond acceptors (Lipinski definition) is 2. The molecule has 1 atom stereocenters. The van der Waals surface area contributed by atoms with Crippen molar-refractivity contribution >= 4 is 11.8 Å². The van der Waals surface area contributed by atoms with Crippen molar-refractivity contribution in [1.29, 1.82) is 0 Å². The molecule has 1 aliphatic heterocycles. The maximum atomic E-state index is 12.3. The van der Waals surface area contributed by atoms with Crippen LogP contribution in [0.1, 0.15) is 43.7 Å². The fourth-order valence-corrected chi connectivity index (χ4v) is 2.45. The zero-order valence-corrected chi connectivity index (χ0v) is 12.2. The van der Waals surface area contributed by atoms with Crippen LogP contribution >= 0.6 is 0 Å². The van der Waals surface area contributed by atoms with Gasteiger partial charge in [0.1, 0.15) is 5.54 Å². The normalized spacial score (nSPS) is 22.8. The van der Waals surface area contributed by atoms with Crippen molar-refractivity contribution in [3.8, 4) is 0 Å². The number of nitrogens with one attached hydrogen (secondary N) is 2. The van der Waals surface area contributed by atoms with Gasteiger partial charge in [0.25, 0.3) is 0 Å². The highest BCUT2D eigenvalue weighted by atomic mass is 16.2. The summed E-state index contributed by atoms with van der Waals surface area (Å²) in [5.41, 5.74) is 1.48. The van der Waals surface area contributed by atoms with Gasteiger partial charge in [0, 0.05) is 13.0 Å². The van der Waals surface area contributed by atoms with E-state index >= 15 is 0 Å². The van der Waals surface area contributed by atoms with Crippen LogP contribution in [0.5, 0.6) is 0 Å². The van der Waals surface area contributed by atoms with Gasteiger partial charge in [-0.05, 0) is 32.3 Å². The number of aryl methyl sites for hydroxylation is 1. The molecule has 1 aliphatic rings. The number of carbonyl (C=O) groups excluding carboxylic acids is 2. The molecule has 20 heavy (non-hydrogen) atoms. The standard InChI is InChI=1S/C16H22N2O2/c1-12-6-8-13(9-7-12)11-17-15(20)16(2)10-4-3-5-14(19)18-16/h6-9H,3-5,10-11H2,1-2H3,(H,17,20)(H,18,19). The van der Waals surface area contributed by atoms with Crippen molar-refractivity contribution in [2.24, 2.45) is 0 Å². The molecule has 2 amide bonds. The van der Waals surface area contributed by atoms with E-state index in [-0.39, 0.29) is 11.8 Å². The molecule has 1 unspecified atom stereocenters. The molecule has 0 saturated carbocycles. The van der Waals surface area contributed by atoms with Gasteiger partial charge in [-0.1, -0.05) is 36.2 Å². The van der Waals surface area contributed by atoms with Gasteiger partial charge in [-0.3, -0.25) is 9.59 Å². The predicted octanol–water partition coefficient (Wildman–Crippen LogP) is 2.06.